The number of hydrogen-bond acceptors (Lipinski definition) is 2. The third kappa shape index (κ3) is 6.51. The highest BCUT2D eigenvalue weighted by atomic mass is 16.4. The van der Waals surface area contributed by atoms with Crippen molar-refractivity contribution in [1.29, 1.82) is 0 Å². The van der Waals surface area contributed by atoms with Crippen molar-refractivity contribution < 1.29 is 9.90 Å². The molecule has 17 heavy (non-hydrogen) atoms. The van der Waals surface area contributed by atoms with Gasteiger partial charge < -0.3 is 16.2 Å². The Morgan fingerprint density at radius 3 is 1.94 bits per heavy atom. The van der Waals surface area contributed by atoms with Crippen molar-refractivity contribution in [1.82, 2.24) is 5.32 Å². The van der Waals surface area contributed by atoms with Gasteiger partial charge in [0.2, 0.25) is 0 Å². The number of rotatable bonds is 1. The van der Waals surface area contributed by atoms with Gasteiger partial charge in [0.1, 0.15) is 0 Å². The van der Waals surface area contributed by atoms with Gasteiger partial charge in [-0.2, -0.15) is 0 Å². The summed E-state index contributed by atoms with van der Waals surface area (Å²) in [5.41, 5.74) is 6.08. The molecule has 0 bridgehead atoms. The standard InChI is InChI=1S/C13H26N2O2/c14-11-9-7-5-3-1-2-4-6-8-10-12(11)15-13(16)17/h11-12,15H,1-10,14H2,(H,16,17). The predicted molar refractivity (Wildman–Crippen MR) is 69.1 cm³/mol. The maximum Gasteiger partial charge on any atom is 0.404 e. The molecule has 0 saturated heterocycles. The zero-order chi connectivity index (χ0) is 12.5. The third-order valence-electron chi connectivity index (χ3n) is 3.63. The quantitative estimate of drug-likeness (QED) is 0.662. The molecule has 1 aliphatic carbocycles. The Labute approximate surface area is 104 Å². The summed E-state index contributed by atoms with van der Waals surface area (Å²) >= 11 is 0. The van der Waals surface area contributed by atoms with E-state index in [9.17, 15) is 4.79 Å². The lowest BCUT2D eigenvalue weighted by molar-refractivity contribution is 0.185. The first-order chi connectivity index (χ1) is 8.20. The van der Waals surface area contributed by atoms with E-state index in [-0.39, 0.29) is 12.1 Å². The molecule has 4 N–H and O–H groups in total. The number of amides is 1. The van der Waals surface area contributed by atoms with E-state index in [2.05, 4.69) is 5.32 Å². The Morgan fingerprint density at radius 1 is 0.941 bits per heavy atom. The number of carbonyl (C=O) groups is 1. The van der Waals surface area contributed by atoms with E-state index in [0.29, 0.717) is 0 Å². The fourth-order valence-corrected chi connectivity index (χ4v) is 2.56. The summed E-state index contributed by atoms with van der Waals surface area (Å²) in [6.45, 7) is 0. The van der Waals surface area contributed by atoms with Crippen LogP contribution in [0.5, 0.6) is 0 Å². The van der Waals surface area contributed by atoms with E-state index >= 15 is 0 Å². The molecule has 0 heterocycles. The predicted octanol–water partition coefficient (Wildman–Crippen LogP) is 2.86. The van der Waals surface area contributed by atoms with Gasteiger partial charge in [-0.25, -0.2) is 4.79 Å². The van der Waals surface area contributed by atoms with Gasteiger partial charge >= 0.3 is 6.09 Å². The van der Waals surface area contributed by atoms with Crippen LogP contribution in [0.25, 0.3) is 0 Å². The molecule has 0 aromatic rings. The molecule has 1 fully saturated rings. The number of hydrogen-bond donors (Lipinski definition) is 3. The van der Waals surface area contributed by atoms with Gasteiger partial charge in [0.05, 0.1) is 0 Å². The summed E-state index contributed by atoms with van der Waals surface area (Å²) in [5, 5.41) is 11.4. The van der Waals surface area contributed by atoms with Gasteiger partial charge in [0, 0.05) is 12.1 Å². The van der Waals surface area contributed by atoms with Gasteiger partial charge in [-0.3, -0.25) is 0 Å². The number of carboxylic acid groups (broad SMARTS) is 1. The highest BCUT2D eigenvalue weighted by molar-refractivity contribution is 5.64. The Morgan fingerprint density at radius 2 is 1.41 bits per heavy atom. The van der Waals surface area contributed by atoms with Crippen molar-refractivity contribution in [3.63, 3.8) is 0 Å². The minimum absolute atomic E-state index is 0.0227. The average molecular weight is 242 g/mol. The van der Waals surface area contributed by atoms with Crippen molar-refractivity contribution >= 4 is 6.09 Å². The average Bonchev–Trinajstić information content (AvgIpc) is 2.27. The molecule has 4 heteroatoms. The van der Waals surface area contributed by atoms with Crippen LogP contribution in [0.15, 0.2) is 0 Å². The molecule has 1 amide bonds. The molecule has 2 unspecified atom stereocenters. The highest BCUT2D eigenvalue weighted by Gasteiger charge is 2.19. The summed E-state index contributed by atoms with van der Waals surface area (Å²) in [6.07, 6.45) is 10.7. The Bertz CT molecular complexity index is 221. The Balaban J connectivity index is 2.41. The molecule has 4 nitrogen and oxygen atoms in total. The van der Waals surface area contributed by atoms with Crippen LogP contribution in [0.1, 0.15) is 64.2 Å². The van der Waals surface area contributed by atoms with Gasteiger partial charge in [-0.15, -0.1) is 0 Å². The number of nitrogens with one attached hydrogen (secondary N) is 1. The molecule has 1 aliphatic rings. The molecule has 2 atom stereocenters. The monoisotopic (exact) mass is 242 g/mol. The van der Waals surface area contributed by atoms with Crippen molar-refractivity contribution in [3.05, 3.63) is 0 Å². The van der Waals surface area contributed by atoms with Gasteiger partial charge in [-0.05, 0) is 12.8 Å². The fraction of sp³-hybridized carbons (Fsp3) is 0.923. The molecule has 100 valence electrons. The van der Waals surface area contributed by atoms with Crippen LogP contribution in [0.2, 0.25) is 0 Å². The summed E-state index contributed by atoms with van der Waals surface area (Å²) in [5.74, 6) is 0. The van der Waals surface area contributed by atoms with E-state index in [1.807, 2.05) is 0 Å². The fourth-order valence-electron chi connectivity index (χ4n) is 2.56. The van der Waals surface area contributed by atoms with Crippen molar-refractivity contribution in [2.24, 2.45) is 5.73 Å². The molecule has 1 saturated carbocycles. The lowest BCUT2D eigenvalue weighted by Crippen LogP contribution is -2.47. The third-order valence-corrected chi connectivity index (χ3v) is 3.63. The van der Waals surface area contributed by atoms with Crippen LogP contribution in [0.3, 0.4) is 0 Å². The molecule has 0 spiro atoms. The van der Waals surface area contributed by atoms with Crippen molar-refractivity contribution in [3.8, 4) is 0 Å². The largest absolute Gasteiger partial charge is 0.465 e. The Hall–Kier alpha value is -0.770. The normalized spacial score (nSPS) is 28.8. The molecule has 0 aromatic heterocycles. The van der Waals surface area contributed by atoms with Crippen LogP contribution in [-0.2, 0) is 0 Å². The van der Waals surface area contributed by atoms with Crippen LogP contribution in [-0.4, -0.2) is 23.3 Å². The van der Waals surface area contributed by atoms with E-state index in [0.717, 1.165) is 25.7 Å². The molecular weight excluding hydrogens is 216 g/mol. The second-order valence-corrected chi connectivity index (χ2v) is 5.13. The van der Waals surface area contributed by atoms with Gasteiger partial charge in [0.15, 0.2) is 0 Å². The van der Waals surface area contributed by atoms with Crippen LogP contribution in [0, 0.1) is 0 Å². The zero-order valence-corrected chi connectivity index (χ0v) is 10.7. The smallest absolute Gasteiger partial charge is 0.404 e. The van der Waals surface area contributed by atoms with E-state index in [1.54, 1.807) is 0 Å². The van der Waals surface area contributed by atoms with Crippen LogP contribution < -0.4 is 11.1 Å². The lowest BCUT2D eigenvalue weighted by Gasteiger charge is -2.24. The highest BCUT2D eigenvalue weighted by Crippen LogP contribution is 2.16. The summed E-state index contributed by atoms with van der Waals surface area (Å²) in [4.78, 5) is 10.7. The lowest BCUT2D eigenvalue weighted by atomic mass is 9.95. The first-order valence-electron chi connectivity index (χ1n) is 6.95. The molecule has 1 rings (SSSR count). The molecular formula is C13H26N2O2. The minimum Gasteiger partial charge on any atom is -0.465 e. The topological polar surface area (TPSA) is 75.3 Å². The summed E-state index contributed by atoms with van der Waals surface area (Å²) < 4.78 is 0. The van der Waals surface area contributed by atoms with E-state index < -0.39 is 6.09 Å². The second kappa shape index (κ2) is 8.34. The van der Waals surface area contributed by atoms with E-state index in [1.165, 1.54) is 38.5 Å². The summed E-state index contributed by atoms with van der Waals surface area (Å²) in [6, 6.07) is -0.0857. The second-order valence-electron chi connectivity index (χ2n) is 5.13. The summed E-state index contributed by atoms with van der Waals surface area (Å²) in [7, 11) is 0. The zero-order valence-electron chi connectivity index (χ0n) is 10.7. The SMILES string of the molecule is NC1CCCCCCCCCCC1NC(=O)O. The Kier molecular flexibility index (Phi) is 7.01. The molecule has 0 radical (unpaired) electrons. The van der Waals surface area contributed by atoms with E-state index in [4.69, 9.17) is 10.8 Å². The van der Waals surface area contributed by atoms with Crippen LogP contribution >= 0.6 is 0 Å². The number of nitrogens with two attached hydrogens (primary N) is 1. The molecule has 0 aliphatic heterocycles. The van der Waals surface area contributed by atoms with Crippen molar-refractivity contribution in [2.75, 3.05) is 0 Å². The van der Waals surface area contributed by atoms with Gasteiger partial charge in [0.25, 0.3) is 0 Å². The molecule has 0 aromatic carbocycles. The van der Waals surface area contributed by atoms with Gasteiger partial charge in [-0.1, -0.05) is 51.4 Å². The first-order valence-corrected chi connectivity index (χ1v) is 6.95. The maximum atomic E-state index is 10.7. The first kappa shape index (κ1) is 14.3. The van der Waals surface area contributed by atoms with Crippen molar-refractivity contribution in [2.45, 2.75) is 76.3 Å². The minimum atomic E-state index is -0.947. The maximum absolute atomic E-state index is 10.7. The van der Waals surface area contributed by atoms with Crippen LogP contribution in [0.4, 0.5) is 4.79 Å².